The molecule has 24 heavy (non-hydrogen) atoms. The number of imidazole rings is 1. The number of nitrogens with zero attached hydrogens (tertiary/aromatic N) is 4. The van der Waals surface area contributed by atoms with Crippen LogP contribution in [0, 0.1) is 13.3 Å². The third-order valence-corrected chi connectivity index (χ3v) is 3.93. The Bertz CT molecular complexity index is 788. The maximum atomic E-state index is 11.0. The summed E-state index contributed by atoms with van der Waals surface area (Å²) in [6, 6.07) is -0.275. The van der Waals surface area contributed by atoms with Crippen molar-refractivity contribution in [1.29, 1.82) is 0 Å². The van der Waals surface area contributed by atoms with Crippen LogP contribution in [0.2, 0.25) is 0 Å². The molecule has 0 aliphatic carbocycles. The van der Waals surface area contributed by atoms with E-state index in [0.29, 0.717) is 22.4 Å². The fourth-order valence-electron chi connectivity index (χ4n) is 2.12. The smallest absolute Gasteiger partial charge is 0.351 e. The summed E-state index contributed by atoms with van der Waals surface area (Å²) in [5.41, 5.74) is 2.55. The molecule has 0 amide bonds. The van der Waals surface area contributed by atoms with Gasteiger partial charge in [-0.3, -0.25) is 9.55 Å². The Balaban J connectivity index is 0.00000288. The minimum absolute atomic E-state index is 0. The molecule has 2 aromatic heterocycles. The summed E-state index contributed by atoms with van der Waals surface area (Å²) >= 11 is 0. The van der Waals surface area contributed by atoms with Gasteiger partial charge in [-0.1, -0.05) is 19.6 Å². The predicted molar refractivity (Wildman–Crippen MR) is 84.7 cm³/mol. The van der Waals surface area contributed by atoms with E-state index in [-0.39, 0.29) is 38.8 Å². The van der Waals surface area contributed by atoms with Gasteiger partial charge in [0.25, 0.3) is 0 Å². The molecule has 1 radical (unpaired) electrons. The van der Waals surface area contributed by atoms with Crippen LogP contribution in [-0.4, -0.2) is 41.8 Å². The van der Waals surface area contributed by atoms with Crippen molar-refractivity contribution in [2.75, 3.05) is 6.35 Å². The van der Waals surface area contributed by atoms with Crippen LogP contribution in [0.25, 0.3) is 11.2 Å². The summed E-state index contributed by atoms with van der Waals surface area (Å²) in [5, 5.41) is 0. The topological polar surface area (TPSA) is 110 Å². The van der Waals surface area contributed by atoms with Crippen LogP contribution in [0.5, 0.6) is 0 Å². The molecule has 2 heterocycles. The Morgan fingerprint density at radius 1 is 1.54 bits per heavy atom. The normalized spacial score (nSPS) is 14.0. The Hall–Kier alpha value is -0.756. The number of hydrogen-bond donors (Lipinski definition) is 2. The Morgan fingerprint density at radius 3 is 2.79 bits per heavy atom. The molecule has 0 aliphatic rings. The number of aromatic nitrogens is 4. The molecule has 2 N–H and O–H groups in total. The maximum Gasteiger partial charge on any atom is 0.351 e. The predicted octanol–water partition coefficient (Wildman–Crippen LogP) is 1.76. The van der Waals surface area contributed by atoms with E-state index < -0.39 is 20.0 Å². The molecule has 127 valence electrons. The molecule has 8 nitrogen and oxygen atoms in total. The van der Waals surface area contributed by atoms with E-state index in [2.05, 4.69) is 34.4 Å². The van der Waals surface area contributed by atoms with Crippen molar-refractivity contribution in [2.24, 2.45) is 0 Å². The van der Waals surface area contributed by atoms with Gasteiger partial charge in [0.2, 0.25) is 0 Å². The standard InChI is InChI=1S/C14H18N4O4P.Y/c1-5-12(22-8-23(19,20)21)9(2)11(4)18-7-17-13-10(3)15-6-16-14(13)18;/h5,7,11-12H,1-2,8H2,3-4H3,(H2,19,20,21);/q-1;/t11-,12+;/m1./s1. The van der Waals surface area contributed by atoms with Crippen LogP contribution >= 0.6 is 7.60 Å². The third-order valence-electron chi connectivity index (χ3n) is 3.44. The second-order valence-corrected chi connectivity index (χ2v) is 6.69. The molecule has 2 aromatic rings. The first-order valence-electron chi connectivity index (χ1n) is 6.79. The van der Waals surface area contributed by atoms with E-state index in [0.717, 1.165) is 0 Å². The molecule has 0 saturated heterocycles. The Morgan fingerprint density at radius 2 is 2.21 bits per heavy atom. The SMILES string of the molecule is C=C[C@H](OCP(=O)(O)O)C(=C)[C@@H](C)n1cnc2c(C)n[c-]nc21.[Y]. The molecule has 10 heteroatoms. The number of rotatable bonds is 7. The third kappa shape index (κ3) is 4.88. The molecule has 2 atom stereocenters. The van der Waals surface area contributed by atoms with Gasteiger partial charge in [0.15, 0.2) is 0 Å². The van der Waals surface area contributed by atoms with Gasteiger partial charge in [0.1, 0.15) is 6.35 Å². The van der Waals surface area contributed by atoms with E-state index in [1.165, 1.54) is 6.08 Å². The van der Waals surface area contributed by atoms with Crippen molar-refractivity contribution < 1.29 is 51.8 Å². The zero-order valence-corrected chi connectivity index (χ0v) is 17.2. The van der Waals surface area contributed by atoms with Crippen molar-refractivity contribution in [2.45, 2.75) is 26.0 Å². The van der Waals surface area contributed by atoms with Gasteiger partial charge < -0.3 is 29.1 Å². The van der Waals surface area contributed by atoms with E-state index in [4.69, 9.17) is 14.5 Å². The minimum atomic E-state index is -4.26. The van der Waals surface area contributed by atoms with Gasteiger partial charge in [-0.15, -0.1) is 6.58 Å². The molecular weight excluding hydrogens is 408 g/mol. The van der Waals surface area contributed by atoms with Crippen LogP contribution in [-0.2, 0) is 42.0 Å². The number of aryl methyl sites for hydroxylation is 1. The Labute approximate surface area is 165 Å². The average Bonchev–Trinajstić information content (AvgIpc) is 2.91. The van der Waals surface area contributed by atoms with E-state index in [1.807, 2.05) is 13.8 Å². The fraction of sp³-hybridized carbons (Fsp3) is 0.357. The van der Waals surface area contributed by atoms with Gasteiger partial charge in [0.05, 0.1) is 12.4 Å². The molecule has 2 rings (SSSR count). The first-order valence-corrected chi connectivity index (χ1v) is 8.59. The second-order valence-electron chi connectivity index (χ2n) is 5.10. The van der Waals surface area contributed by atoms with Crippen molar-refractivity contribution in [3.63, 3.8) is 0 Å². The molecule has 0 saturated carbocycles. The van der Waals surface area contributed by atoms with Gasteiger partial charge >= 0.3 is 7.60 Å². The van der Waals surface area contributed by atoms with Gasteiger partial charge in [-0.2, -0.15) is 0 Å². The minimum Gasteiger partial charge on any atom is -0.369 e. The average molecular weight is 426 g/mol. The summed E-state index contributed by atoms with van der Waals surface area (Å²) in [6.45, 7) is 11.3. The second kappa shape index (κ2) is 8.56. The van der Waals surface area contributed by atoms with Crippen LogP contribution in [0.4, 0.5) is 0 Å². The number of fused-ring (bicyclic) bond motifs is 1. The molecule has 0 aromatic carbocycles. The largest absolute Gasteiger partial charge is 0.369 e. The number of hydrogen-bond acceptors (Lipinski definition) is 5. The van der Waals surface area contributed by atoms with Crippen LogP contribution in [0.3, 0.4) is 0 Å². The van der Waals surface area contributed by atoms with E-state index in [9.17, 15) is 4.57 Å². The van der Waals surface area contributed by atoms with Gasteiger partial charge in [-0.25, -0.2) is 0 Å². The van der Waals surface area contributed by atoms with Crippen LogP contribution in [0.1, 0.15) is 18.7 Å². The van der Waals surface area contributed by atoms with Crippen molar-refractivity contribution >= 4 is 18.8 Å². The molecule has 0 spiro atoms. The fourth-order valence-corrected chi connectivity index (χ4v) is 2.48. The van der Waals surface area contributed by atoms with E-state index >= 15 is 0 Å². The van der Waals surface area contributed by atoms with Gasteiger partial charge in [-0.05, 0) is 18.2 Å². The first-order chi connectivity index (χ1) is 10.7. The summed E-state index contributed by atoms with van der Waals surface area (Å²) in [7, 11) is -4.26. The maximum absolute atomic E-state index is 11.0. The quantitative estimate of drug-likeness (QED) is 0.394. The molecule has 0 unspecified atom stereocenters. The molecule has 0 aliphatic heterocycles. The van der Waals surface area contributed by atoms with Crippen LogP contribution in [0.15, 0.2) is 31.1 Å². The molecule has 0 bridgehead atoms. The van der Waals surface area contributed by atoms with E-state index in [1.54, 1.807) is 10.9 Å². The van der Waals surface area contributed by atoms with Crippen molar-refractivity contribution in [1.82, 2.24) is 19.5 Å². The number of ether oxygens (including phenoxy) is 1. The molecule has 0 fully saturated rings. The summed E-state index contributed by atoms with van der Waals surface area (Å²) in [6.07, 6.45) is 4.22. The monoisotopic (exact) mass is 426 g/mol. The zero-order chi connectivity index (χ0) is 17.2. The first kappa shape index (κ1) is 21.3. The zero-order valence-electron chi connectivity index (χ0n) is 13.5. The summed E-state index contributed by atoms with van der Waals surface area (Å²) in [5.74, 6) is 0. The van der Waals surface area contributed by atoms with Crippen molar-refractivity contribution in [3.05, 3.63) is 43.2 Å². The summed E-state index contributed by atoms with van der Waals surface area (Å²) < 4.78 is 17.9. The van der Waals surface area contributed by atoms with Crippen LogP contribution < -0.4 is 0 Å². The Kier molecular flexibility index (Phi) is 7.59. The summed E-state index contributed by atoms with van der Waals surface area (Å²) in [4.78, 5) is 30.2. The van der Waals surface area contributed by atoms with Crippen molar-refractivity contribution in [3.8, 4) is 0 Å². The molecular formula is C14H18N4O4PY-. The van der Waals surface area contributed by atoms with Gasteiger partial charge in [0, 0.05) is 56.2 Å².